The number of halogens is 2. The van der Waals surface area contributed by atoms with Crippen LogP contribution in [0.25, 0.3) is 0 Å². The van der Waals surface area contributed by atoms with Crippen LogP contribution in [0, 0.1) is 5.95 Å². The molecule has 0 fully saturated rings. The third-order valence-corrected chi connectivity index (χ3v) is 2.81. The van der Waals surface area contributed by atoms with Crippen LogP contribution in [0.4, 0.5) is 10.1 Å². The Morgan fingerprint density at radius 1 is 1.37 bits per heavy atom. The van der Waals surface area contributed by atoms with Gasteiger partial charge in [-0.3, -0.25) is 4.79 Å². The van der Waals surface area contributed by atoms with Crippen molar-refractivity contribution in [2.75, 3.05) is 12.4 Å². The Labute approximate surface area is 117 Å². The molecule has 2 rings (SSSR count). The van der Waals surface area contributed by atoms with Crippen LogP contribution in [-0.4, -0.2) is 18.0 Å². The summed E-state index contributed by atoms with van der Waals surface area (Å²) >= 11 is 3.32. The van der Waals surface area contributed by atoms with Gasteiger partial charge >= 0.3 is 0 Å². The number of amides is 1. The Morgan fingerprint density at radius 3 is 2.79 bits per heavy atom. The number of methoxy groups -OCH3 is 1. The monoisotopic (exact) mass is 324 g/mol. The van der Waals surface area contributed by atoms with Gasteiger partial charge in [0.25, 0.3) is 5.91 Å². The Balaban J connectivity index is 2.18. The van der Waals surface area contributed by atoms with Crippen LogP contribution >= 0.6 is 15.9 Å². The fourth-order valence-electron chi connectivity index (χ4n) is 1.47. The van der Waals surface area contributed by atoms with Crippen molar-refractivity contribution < 1.29 is 13.9 Å². The van der Waals surface area contributed by atoms with E-state index < -0.39 is 5.95 Å². The molecule has 0 bridgehead atoms. The molecule has 0 aliphatic rings. The molecular weight excluding hydrogens is 315 g/mol. The van der Waals surface area contributed by atoms with Crippen molar-refractivity contribution in [3.8, 4) is 5.75 Å². The fraction of sp³-hybridized carbons (Fsp3) is 0.0769. The van der Waals surface area contributed by atoms with Gasteiger partial charge < -0.3 is 10.1 Å². The zero-order chi connectivity index (χ0) is 13.8. The number of ether oxygens (including phenoxy) is 1. The van der Waals surface area contributed by atoms with Crippen molar-refractivity contribution in [1.29, 1.82) is 0 Å². The maximum Gasteiger partial charge on any atom is 0.257 e. The first kappa shape index (κ1) is 13.5. The highest BCUT2D eigenvalue weighted by Gasteiger charge is 2.08. The first-order valence-corrected chi connectivity index (χ1v) is 6.15. The minimum atomic E-state index is -0.624. The van der Waals surface area contributed by atoms with Crippen LogP contribution in [0.15, 0.2) is 41.0 Å². The number of hydrogen-bond donors (Lipinski definition) is 1. The molecule has 0 atom stereocenters. The molecule has 1 amide bonds. The van der Waals surface area contributed by atoms with Gasteiger partial charge in [0.2, 0.25) is 5.95 Å². The second-order valence-corrected chi connectivity index (χ2v) is 4.62. The number of anilines is 1. The molecule has 4 nitrogen and oxygen atoms in total. The molecule has 2 aromatic rings. The van der Waals surface area contributed by atoms with E-state index in [1.165, 1.54) is 19.4 Å². The van der Waals surface area contributed by atoms with E-state index in [4.69, 9.17) is 4.74 Å². The zero-order valence-electron chi connectivity index (χ0n) is 9.98. The van der Waals surface area contributed by atoms with E-state index in [1.807, 2.05) is 0 Å². The van der Waals surface area contributed by atoms with Crippen LogP contribution in [0.1, 0.15) is 10.4 Å². The summed E-state index contributed by atoms with van der Waals surface area (Å²) in [6, 6.07) is 7.69. The van der Waals surface area contributed by atoms with E-state index in [1.54, 1.807) is 18.2 Å². The van der Waals surface area contributed by atoms with Crippen LogP contribution in [-0.2, 0) is 0 Å². The topological polar surface area (TPSA) is 51.2 Å². The Kier molecular flexibility index (Phi) is 4.11. The van der Waals surface area contributed by atoms with Gasteiger partial charge in [-0.05, 0) is 24.3 Å². The van der Waals surface area contributed by atoms with E-state index in [2.05, 4.69) is 26.2 Å². The third kappa shape index (κ3) is 3.51. The largest absolute Gasteiger partial charge is 0.497 e. The summed E-state index contributed by atoms with van der Waals surface area (Å²) in [6.45, 7) is 0. The highest BCUT2D eigenvalue weighted by atomic mass is 79.9. The second kappa shape index (κ2) is 5.79. The number of nitrogens with one attached hydrogen (secondary N) is 1. The lowest BCUT2D eigenvalue weighted by molar-refractivity contribution is 0.102. The Morgan fingerprint density at radius 2 is 2.16 bits per heavy atom. The van der Waals surface area contributed by atoms with Crippen molar-refractivity contribution in [2.24, 2.45) is 0 Å². The smallest absolute Gasteiger partial charge is 0.257 e. The zero-order valence-corrected chi connectivity index (χ0v) is 11.6. The van der Waals surface area contributed by atoms with E-state index in [0.29, 0.717) is 11.4 Å². The van der Waals surface area contributed by atoms with Gasteiger partial charge in [-0.25, -0.2) is 4.98 Å². The summed E-state index contributed by atoms with van der Waals surface area (Å²) in [4.78, 5) is 15.3. The number of pyridine rings is 1. The number of carbonyl (C=O) groups is 1. The molecule has 0 radical (unpaired) electrons. The SMILES string of the molecule is COc1cc(Br)cc(NC(=O)c2ccc(F)nc2)c1. The van der Waals surface area contributed by atoms with Crippen molar-refractivity contribution in [1.82, 2.24) is 4.98 Å². The number of benzene rings is 1. The summed E-state index contributed by atoms with van der Waals surface area (Å²) < 4.78 is 18.5. The normalized spacial score (nSPS) is 10.1. The number of rotatable bonds is 3. The molecule has 0 unspecified atom stereocenters. The molecule has 0 aliphatic heterocycles. The van der Waals surface area contributed by atoms with Crippen molar-refractivity contribution in [3.05, 3.63) is 52.5 Å². The molecule has 1 N–H and O–H groups in total. The first-order valence-electron chi connectivity index (χ1n) is 5.36. The lowest BCUT2D eigenvalue weighted by Crippen LogP contribution is -2.12. The fourth-order valence-corrected chi connectivity index (χ4v) is 1.94. The maximum absolute atomic E-state index is 12.7. The summed E-state index contributed by atoms with van der Waals surface area (Å²) in [5, 5.41) is 2.68. The van der Waals surface area contributed by atoms with E-state index in [0.717, 1.165) is 10.5 Å². The number of carbonyl (C=O) groups excluding carboxylic acids is 1. The standard InChI is InChI=1S/C13H10BrFN2O2/c1-19-11-5-9(14)4-10(6-11)17-13(18)8-2-3-12(15)16-7-8/h2-7H,1H3,(H,17,18). The highest BCUT2D eigenvalue weighted by molar-refractivity contribution is 9.10. The molecule has 0 saturated carbocycles. The predicted octanol–water partition coefficient (Wildman–Crippen LogP) is 3.24. The Bertz CT molecular complexity index is 602. The summed E-state index contributed by atoms with van der Waals surface area (Å²) in [6.07, 6.45) is 1.18. The van der Waals surface area contributed by atoms with Gasteiger partial charge in [-0.1, -0.05) is 15.9 Å². The van der Waals surface area contributed by atoms with Gasteiger partial charge in [0.1, 0.15) is 5.75 Å². The van der Waals surface area contributed by atoms with Crippen molar-refractivity contribution in [3.63, 3.8) is 0 Å². The van der Waals surface area contributed by atoms with Crippen LogP contribution in [0.5, 0.6) is 5.75 Å². The molecule has 98 valence electrons. The van der Waals surface area contributed by atoms with Crippen molar-refractivity contribution in [2.45, 2.75) is 0 Å². The lowest BCUT2D eigenvalue weighted by Gasteiger charge is -2.08. The summed E-state index contributed by atoms with van der Waals surface area (Å²) in [5.74, 6) is -0.379. The van der Waals surface area contributed by atoms with E-state index in [-0.39, 0.29) is 11.5 Å². The molecule has 1 aromatic heterocycles. The Hall–Kier alpha value is -1.95. The third-order valence-electron chi connectivity index (χ3n) is 2.35. The number of nitrogens with zero attached hydrogens (tertiary/aromatic N) is 1. The van der Waals surface area contributed by atoms with Crippen LogP contribution in [0.3, 0.4) is 0 Å². The average molecular weight is 325 g/mol. The molecule has 0 spiro atoms. The van der Waals surface area contributed by atoms with Crippen LogP contribution < -0.4 is 10.1 Å². The second-order valence-electron chi connectivity index (χ2n) is 3.70. The van der Waals surface area contributed by atoms with Gasteiger partial charge in [0, 0.05) is 22.4 Å². The molecule has 1 heterocycles. The van der Waals surface area contributed by atoms with Gasteiger partial charge in [0.15, 0.2) is 0 Å². The lowest BCUT2D eigenvalue weighted by atomic mass is 10.2. The quantitative estimate of drug-likeness (QED) is 0.882. The maximum atomic E-state index is 12.7. The minimum Gasteiger partial charge on any atom is -0.497 e. The van der Waals surface area contributed by atoms with E-state index >= 15 is 0 Å². The van der Waals surface area contributed by atoms with Gasteiger partial charge in [0.05, 0.1) is 12.7 Å². The molecule has 6 heteroatoms. The summed E-state index contributed by atoms with van der Waals surface area (Å²) in [7, 11) is 1.54. The molecular formula is C13H10BrFN2O2. The number of hydrogen-bond acceptors (Lipinski definition) is 3. The summed E-state index contributed by atoms with van der Waals surface area (Å²) in [5.41, 5.74) is 0.848. The molecule has 0 saturated heterocycles. The highest BCUT2D eigenvalue weighted by Crippen LogP contribution is 2.24. The average Bonchev–Trinajstić information content (AvgIpc) is 2.38. The molecule has 19 heavy (non-hydrogen) atoms. The minimum absolute atomic E-state index is 0.278. The van der Waals surface area contributed by atoms with Gasteiger partial charge in [-0.2, -0.15) is 4.39 Å². The first-order chi connectivity index (χ1) is 9.08. The van der Waals surface area contributed by atoms with Gasteiger partial charge in [-0.15, -0.1) is 0 Å². The van der Waals surface area contributed by atoms with E-state index in [9.17, 15) is 9.18 Å². The number of aromatic nitrogens is 1. The predicted molar refractivity (Wildman–Crippen MR) is 72.8 cm³/mol. The van der Waals surface area contributed by atoms with Crippen LogP contribution in [0.2, 0.25) is 0 Å². The van der Waals surface area contributed by atoms with Crippen molar-refractivity contribution >= 4 is 27.5 Å². The molecule has 0 aliphatic carbocycles. The molecule has 1 aromatic carbocycles.